The molecule has 0 bridgehead atoms. The van der Waals surface area contributed by atoms with Crippen LogP contribution in [0.5, 0.6) is 0 Å². The van der Waals surface area contributed by atoms with Crippen LogP contribution in [0.4, 0.5) is 0 Å². The number of hydrogen-bond acceptors (Lipinski definition) is 0. The standard InChI is InChI=1S/C13H23N2/c1-7-9-15-12(6)11(5)14(8-2)13(15)10(3)4/h7,10H,1,8-9H2,2-6H3/q+1. The Morgan fingerprint density at radius 3 is 2.40 bits per heavy atom. The number of rotatable bonds is 4. The van der Waals surface area contributed by atoms with Crippen molar-refractivity contribution in [3.63, 3.8) is 0 Å². The van der Waals surface area contributed by atoms with Crippen LogP contribution < -0.4 is 4.57 Å². The van der Waals surface area contributed by atoms with Gasteiger partial charge in [-0.1, -0.05) is 26.5 Å². The summed E-state index contributed by atoms with van der Waals surface area (Å²) in [7, 11) is 0. The van der Waals surface area contributed by atoms with Crippen LogP contribution in [0, 0.1) is 13.8 Å². The van der Waals surface area contributed by atoms with Crippen LogP contribution >= 0.6 is 0 Å². The van der Waals surface area contributed by atoms with E-state index >= 15 is 0 Å². The molecule has 0 saturated carbocycles. The zero-order valence-corrected chi connectivity index (χ0v) is 10.7. The molecule has 0 N–H and O–H groups in total. The normalized spacial score (nSPS) is 11.1. The van der Waals surface area contributed by atoms with E-state index in [1.165, 1.54) is 17.2 Å². The quantitative estimate of drug-likeness (QED) is 0.530. The molecule has 0 radical (unpaired) electrons. The van der Waals surface area contributed by atoms with Gasteiger partial charge in [-0.3, -0.25) is 0 Å². The van der Waals surface area contributed by atoms with Gasteiger partial charge in [-0.15, -0.1) is 0 Å². The Bertz CT molecular complexity index is 359. The molecule has 0 amide bonds. The predicted molar refractivity (Wildman–Crippen MR) is 64.1 cm³/mol. The summed E-state index contributed by atoms with van der Waals surface area (Å²) < 4.78 is 4.78. The lowest BCUT2D eigenvalue weighted by Gasteiger charge is -2.05. The van der Waals surface area contributed by atoms with Gasteiger partial charge < -0.3 is 0 Å². The van der Waals surface area contributed by atoms with Gasteiger partial charge in [-0.05, 0) is 6.92 Å². The molecule has 2 heteroatoms. The van der Waals surface area contributed by atoms with E-state index in [1.54, 1.807) is 0 Å². The molecule has 0 aliphatic carbocycles. The van der Waals surface area contributed by atoms with Crippen LogP contribution in [0.3, 0.4) is 0 Å². The van der Waals surface area contributed by atoms with Crippen LogP contribution in [0.2, 0.25) is 0 Å². The maximum Gasteiger partial charge on any atom is 0.259 e. The van der Waals surface area contributed by atoms with Gasteiger partial charge in [0, 0.05) is 13.8 Å². The highest BCUT2D eigenvalue weighted by Crippen LogP contribution is 2.16. The van der Waals surface area contributed by atoms with Crippen molar-refractivity contribution >= 4 is 0 Å². The molecule has 1 heterocycles. The Morgan fingerprint density at radius 2 is 2.00 bits per heavy atom. The fourth-order valence-corrected chi connectivity index (χ4v) is 2.26. The summed E-state index contributed by atoms with van der Waals surface area (Å²) in [6.45, 7) is 16.9. The van der Waals surface area contributed by atoms with E-state index in [4.69, 9.17) is 0 Å². The molecule has 0 fully saturated rings. The molecular weight excluding hydrogens is 184 g/mol. The first-order chi connectivity index (χ1) is 7.04. The summed E-state index contributed by atoms with van der Waals surface area (Å²) in [6, 6.07) is 0. The number of imidazole rings is 1. The Hall–Kier alpha value is -1.05. The first-order valence-corrected chi connectivity index (χ1v) is 5.74. The van der Waals surface area contributed by atoms with Gasteiger partial charge in [0.25, 0.3) is 5.82 Å². The molecule has 1 aromatic heterocycles. The number of nitrogens with zero attached hydrogens (tertiary/aromatic N) is 2. The molecule has 0 aromatic carbocycles. The van der Waals surface area contributed by atoms with E-state index in [1.807, 2.05) is 6.08 Å². The van der Waals surface area contributed by atoms with Gasteiger partial charge >= 0.3 is 0 Å². The molecule has 0 unspecified atom stereocenters. The minimum Gasteiger partial charge on any atom is -0.231 e. The van der Waals surface area contributed by atoms with Crippen molar-refractivity contribution in [1.82, 2.24) is 4.57 Å². The van der Waals surface area contributed by atoms with Crippen molar-refractivity contribution in [2.24, 2.45) is 0 Å². The van der Waals surface area contributed by atoms with E-state index < -0.39 is 0 Å². The summed E-state index contributed by atoms with van der Waals surface area (Å²) in [5.41, 5.74) is 2.74. The largest absolute Gasteiger partial charge is 0.259 e. The average molecular weight is 207 g/mol. The predicted octanol–water partition coefficient (Wildman–Crippen LogP) is 2.72. The minimum atomic E-state index is 0.553. The van der Waals surface area contributed by atoms with Gasteiger partial charge in [0.1, 0.15) is 17.9 Å². The van der Waals surface area contributed by atoms with Crippen molar-refractivity contribution in [3.8, 4) is 0 Å². The summed E-state index contributed by atoms with van der Waals surface area (Å²) in [5, 5.41) is 0. The van der Waals surface area contributed by atoms with Crippen molar-refractivity contribution < 1.29 is 4.57 Å². The highest BCUT2D eigenvalue weighted by atomic mass is 15.2. The van der Waals surface area contributed by atoms with Crippen molar-refractivity contribution in [2.75, 3.05) is 0 Å². The summed E-state index contributed by atoms with van der Waals surface area (Å²) in [4.78, 5) is 0. The van der Waals surface area contributed by atoms with Crippen molar-refractivity contribution in [3.05, 3.63) is 29.9 Å². The maximum atomic E-state index is 3.83. The zero-order valence-electron chi connectivity index (χ0n) is 10.7. The van der Waals surface area contributed by atoms with Gasteiger partial charge in [-0.2, -0.15) is 0 Å². The van der Waals surface area contributed by atoms with Crippen LogP contribution in [-0.2, 0) is 13.1 Å². The highest BCUT2D eigenvalue weighted by molar-refractivity contribution is 5.09. The molecule has 0 aliphatic rings. The fourth-order valence-electron chi connectivity index (χ4n) is 2.26. The van der Waals surface area contributed by atoms with E-state index in [9.17, 15) is 0 Å². The monoisotopic (exact) mass is 207 g/mol. The molecule has 0 saturated heterocycles. The second-order valence-corrected chi connectivity index (χ2v) is 4.33. The second kappa shape index (κ2) is 4.65. The fraction of sp³-hybridized carbons (Fsp3) is 0.615. The molecule has 0 spiro atoms. The molecule has 15 heavy (non-hydrogen) atoms. The van der Waals surface area contributed by atoms with Crippen LogP contribution in [0.25, 0.3) is 0 Å². The van der Waals surface area contributed by atoms with E-state index in [2.05, 4.69) is 50.3 Å². The average Bonchev–Trinajstić information content (AvgIpc) is 2.42. The topological polar surface area (TPSA) is 8.81 Å². The molecule has 1 rings (SSSR count). The third-order valence-corrected chi connectivity index (χ3v) is 3.03. The first kappa shape index (κ1) is 12.0. The molecular formula is C13H23N2+. The molecule has 84 valence electrons. The van der Waals surface area contributed by atoms with Gasteiger partial charge in [0.05, 0.1) is 12.5 Å². The Kier molecular flexibility index (Phi) is 3.72. The third kappa shape index (κ3) is 1.99. The Balaban J connectivity index is 3.40. The lowest BCUT2D eigenvalue weighted by Crippen LogP contribution is -2.39. The molecule has 2 nitrogen and oxygen atoms in total. The molecule has 0 aliphatic heterocycles. The van der Waals surface area contributed by atoms with Gasteiger partial charge in [0.2, 0.25) is 0 Å². The Labute approximate surface area is 93.2 Å². The zero-order chi connectivity index (χ0) is 11.6. The van der Waals surface area contributed by atoms with Gasteiger partial charge in [0.15, 0.2) is 0 Å². The lowest BCUT2D eigenvalue weighted by molar-refractivity contribution is -0.700. The van der Waals surface area contributed by atoms with Crippen LogP contribution in [0.15, 0.2) is 12.7 Å². The smallest absolute Gasteiger partial charge is 0.231 e. The van der Waals surface area contributed by atoms with E-state index in [0.717, 1.165) is 13.1 Å². The first-order valence-electron chi connectivity index (χ1n) is 5.74. The molecule has 0 atom stereocenters. The maximum absolute atomic E-state index is 3.83. The SMILES string of the molecule is C=CC[n+]1c(C)c(C)n(CC)c1C(C)C. The molecule has 1 aromatic rings. The number of allylic oxidation sites excluding steroid dienone is 1. The Morgan fingerprint density at radius 1 is 1.40 bits per heavy atom. The summed E-state index contributed by atoms with van der Waals surface area (Å²) in [5.74, 6) is 1.96. The van der Waals surface area contributed by atoms with Crippen LogP contribution in [0.1, 0.15) is 43.9 Å². The van der Waals surface area contributed by atoms with Crippen molar-refractivity contribution in [2.45, 2.75) is 53.6 Å². The number of hydrogen-bond donors (Lipinski definition) is 0. The summed E-state index contributed by atoms with van der Waals surface area (Å²) in [6.07, 6.45) is 1.97. The third-order valence-electron chi connectivity index (χ3n) is 3.03. The van der Waals surface area contributed by atoms with Crippen molar-refractivity contribution in [1.29, 1.82) is 0 Å². The van der Waals surface area contributed by atoms with E-state index in [0.29, 0.717) is 5.92 Å². The lowest BCUT2D eigenvalue weighted by atomic mass is 10.2. The summed E-state index contributed by atoms with van der Waals surface area (Å²) >= 11 is 0. The number of aromatic nitrogens is 2. The van der Waals surface area contributed by atoms with E-state index in [-0.39, 0.29) is 0 Å². The highest BCUT2D eigenvalue weighted by Gasteiger charge is 2.25. The minimum absolute atomic E-state index is 0.553. The van der Waals surface area contributed by atoms with Crippen LogP contribution in [-0.4, -0.2) is 4.57 Å². The second-order valence-electron chi connectivity index (χ2n) is 4.33. The van der Waals surface area contributed by atoms with Gasteiger partial charge in [-0.25, -0.2) is 9.13 Å².